The van der Waals surface area contributed by atoms with Gasteiger partial charge in [-0.3, -0.25) is 0 Å². The lowest BCUT2D eigenvalue weighted by Gasteiger charge is -2.33. The van der Waals surface area contributed by atoms with E-state index in [0.29, 0.717) is 6.04 Å². The molecule has 18 heavy (non-hydrogen) atoms. The van der Waals surface area contributed by atoms with Crippen LogP contribution in [0.25, 0.3) is 0 Å². The highest BCUT2D eigenvalue weighted by molar-refractivity contribution is 5.13. The number of rotatable bonds is 3. The highest BCUT2D eigenvalue weighted by Gasteiger charge is 2.40. The Balaban J connectivity index is 1.94. The van der Waals surface area contributed by atoms with Gasteiger partial charge in [-0.05, 0) is 46.2 Å². The Morgan fingerprint density at radius 2 is 1.78 bits per heavy atom. The summed E-state index contributed by atoms with van der Waals surface area (Å²) < 4.78 is 0. The molecule has 1 N–H and O–H groups in total. The monoisotopic (exact) mass is 249 g/mol. The van der Waals surface area contributed by atoms with E-state index in [2.05, 4.69) is 23.3 Å². The van der Waals surface area contributed by atoms with Crippen LogP contribution in [0.4, 0.5) is 0 Å². The molecule has 0 aromatic heterocycles. The van der Waals surface area contributed by atoms with Gasteiger partial charge in [0.15, 0.2) is 0 Å². The van der Waals surface area contributed by atoms with E-state index in [1.165, 1.54) is 44.9 Å². The van der Waals surface area contributed by atoms with Gasteiger partial charge in [-0.1, -0.05) is 25.7 Å². The Hall–Kier alpha value is -0.590. The van der Waals surface area contributed by atoms with Crippen molar-refractivity contribution in [2.75, 3.05) is 14.1 Å². The topological polar surface area (TPSA) is 39.1 Å². The maximum absolute atomic E-state index is 9.34. The Labute approximate surface area is 112 Å². The fourth-order valence-corrected chi connectivity index (χ4v) is 3.71. The fraction of sp³-hybridized carbons (Fsp3) is 0.933. The summed E-state index contributed by atoms with van der Waals surface area (Å²) in [5.41, 5.74) is -0.260. The van der Waals surface area contributed by atoms with Crippen molar-refractivity contribution in [2.45, 2.75) is 75.4 Å². The SMILES string of the molecule is CNC1(C#N)CCC(N(C)C2CCCCCC2)C1. The highest BCUT2D eigenvalue weighted by Crippen LogP contribution is 2.34. The van der Waals surface area contributed by atoms with Crippen LogP contribution in [-0.2, 0) is 0 Å². The summed E-state index contributed by atoms with van der Waals surface area (Å²) in [4.78, 5) is 2.59. The van der Waals surface area contributed by atoms with Crippen LogP contribution in [0.1, 0.15) is 57.8 Å². The third-order valence-corrected chi connectivity index (χ3v) is 5.16. The zero-order valence-corrected chi connectivity index (χ0v) is 11.9. The molecule has 0 saturated heterocycles. The molecule has 2 rings (SSSR count). The van der Waals surface area contributed by atoms with Crippen molar-refractivity contribution >= 4 is 0 Å². The fourth-order valence-electron chi connectivity index (χ4n) is 3.71. The molecule has 3 heteroatoms. The average Bonchev–Trinajstić information content (AvgIpc) is 2.66. The highest BCUT2D eigenvalue weighted by atomic mass is 15.2. The molecule has 3 nitrogen and oxygen atoms in total. The normalized spacial score (nSPS) is 34.4. The first-order valence-electron chi connectivity index (χ1n) is 7.53. The van der Waals surface area contributed by atoms with Crippen LogP contribution in [-0.4, -0.2) is 36.6 Å². The lowest BCUT2D eigenvalue weighted by atomic mass is 9.99. The van der Waals surface area contributed by atoms with Crippen molar-refractivity contribution < 1.29 is 0 Å². The van der Waals surface area contributed by atoms with Gasteiger partial charge < -0.3 is 10.2 Å². The van der Waals surface area contributed by atoms with Gasteiger partial charge in [0, 0.05) is 12.1 Å². The molecule has 2 atom stereocenters. The van der Waals surface area contributed by atoms with E-state index >= 15 is 0 Å². The second-order valence-electron chi connectivity index (χ2n) is 6.15. The lowest BCUT2D eigenvalue weighted by Crippen LogP contribution is -2.43. The molecule has 0 heterocycles. The average molecular weight is 249 g/mol. The molecule has 0 aromatic rings. The second-order valence-corrected chi connectivity index (χ2v) is 6.15. The van der Waals surface area contributed by atoms with Crippen LogP contribution in [0.2, 0.25) is 0 Å². The van der Waals surface area contributed by atoms with Crippen LogP contribution in [0.3, 0.4) is 0 Å². The minimum atomic E-state index is -0.260. The number of nitrogens with zero attached hydrogens (tertiary/aromatic N) is 2. The summed E-state index contributed by atoms with van der Waals surface area (Å²) in [6.07, 6.45) is 11.5. The summed E-state index contributed by atoms with van der Waals surface area (Å²) in [6, 6.07) is 3.84. The van der Waals surface area contributed by atoms with Gasteiger partial charge >= 0.3 is 0 Å². The van der Waals surface area contributed by atoms with E-state index in [1.807, 2.05) is 7.05 Å². The number of hydrogen-bond donors (Lipinski definition) is 1. The Kier molecular flexibility index (Phi) is 4.64. The largest absolute Gasteiger partial charge is 0.302 e. The van der Waals surface area contributed by atoms with Crippen LogP contribution < -0.4 is 5.32 Å². The number of nitrogens with one attached hydrogen (secondary N) is 1. The first-order chi connectivity index (χ1) is 8.71. The van der Waals surface area contributed by atoms with Crippen molar-refractivity contribution in [3.05, 3.63) is 0 Å². The summed E-state index contributed by atoms with van der Waals surface area (Å²) in [5.74, 6) is 0. The third kappa shape index (κ3) is 2.87. The molecule has 0 aromatic carbocycles. The van der Waals surface area contributed by atoms with Gasteiger partial charge in [-0.2, -0.15) is 5.26 Å². The molecule has 0 radical (unpaired) electrons. The molecule has 102 valence electrons. The molecule has 0 spiro atoms. The van der Waals surface area contributed by atoms with Crippen molar-refractivity contribution in [1.29, 1.82) is 5.26 Å². The molecule has 0 amide bonds. The quantitative estimate of drug-likeness (QED) is 0.782. The minimum Gasteiger partial charge on any atom is -0.302 e. The van der Waals surface area contributed by atoms with Crippen LogP contribution in [0, 0.1) is 11.3 Å². The lowest BCUT2D eigenvalue weighted by molar-refractivity contribution is 0.155. The van der Waals surface area contributed by atoms with Crippen molar-refractivity contribution in [1.82, 2.24) is 10.2 Å². The number of nitriles is 1. The summed E-state index contributed by atoms with van der Waals surface area (Å²) >= 11 is 0. The molecule has 2 aliphatic carbocycles. The molecule has 0 aliphatic heterocycles. The molecule has 2 aliphatic rings. The van der Waals surface area contributed by atoms with Crippen molar-refractivity contribution in [3.8, 4) is 6.07 Å². The molecular formula is C15H27N3. The summed E-state index contributed by atoms with van der Waals surface area (Å²) in [7, 11) is 4.21. The zero-order valence-electron chi connectivity index (χ0n) is 11.9. The first kappa shape index (κ1) is 13.8. The van der Waals surface area contributed by atoms with Gasteiger partial charge in [0.25, 0.3) is 0 Å². The van der Waals surface area contributed by atoms with E-state index < -0.39 is 0 Å². The van der Waals surface area contributed by atoms with Crippen molar-refractivity contribution in [2.24, 2.45) is 0 Å². The standard InChI is InChI=1S/C15H27N3/c1-17-15(12-16)10-9-14(11-15)18(2)13-7-5-3-4-6-8-13/h13-14,17H,3-11H2,1-2H3. The maximum Gasteiger partial charge on any atom is 0.108 e. The Morgan fingerprint density at radius 3 is 2.28 bits per heavy atom. The Morgan fingerprint density at radius 1 is 1.11 bits per heavy atom. The van der Waals surface area contributed by atoms with Gasteiger partial charge in [0.1, 0.15) is 5.54 Å². The van der Waals surface area contributed by atoms with E-state index in [0.717, 1.165) is 18.9 Å². The maximum atomic E-state index is 9.34. The van der Waals surface area contributed by atoms with E-state index in [-0.39, 0.29) is 5.54 Å². The molecule has 0 bridgehead atoms. The Bertz CT molecular complexity index is 301. The van der Waals surface area contributed by atoms with Gasteiger partial charge in [0.2, 0.25) is 0 Å². The van der Waals surface area contributed by atoms with Gasteiger partial charge in [-0.15, -0.1) is 0 Å². The van der Waals surface area contributed by atoms with E-state index in [1.54, 1.807) is 0 Å². The molecule has 2 fully saturated rings. The second kappa shape index (κ2) is 6.04. The molecule has 2 unspecified atom stereocenters. The van der Waals surface area contributed by atoms with Crippen LogP contribution in [0.5, 0.6) is 0 Å². The van der Waals surface area contributed by atoms with Crippen LogP contribution >= 0.6 is 0 Å². The molecular weight excluding hydrogens is 222 g/mol. The van der Waals surface area contributed by atoms with E-state index in [4.69, 9.17) is 0 Å². The first-order valence-corrected chi connectivity index (χ1v) is 7.53. The third-order valence-electron chi connectivity index (χ3n) is 5.16. The van der Waals surface area contributed by atoms with E-state index in [9.17, 15) is 5.26 Å². The zero-order chi connectivity index (χ0) is 13.0. The molecule has 2 saturated carbocycles. The summed E-state index contributed by atoms with van der Waals surface area (Å²) in [5, 5.41) is 12.6. The number of hydrogen-bond acceptors (Lipinski definition) is 3. The predicted molar refractivity (Wildman–Crippen MR) is 74.3 cm³/mol. The van der Waals surface area contributed by atoms with Gasteiger partial charge in [-0.25, -0.2) is 0 Å². The summed E-state index contributed by atoms with van der Waals surface area (Å²) in [6.45, 7) is 0. The predicted octanol–water partition coefficient (Wildman–Crippen LogP) is 2.68. The smallest absolute Gasteiger partial charge is 0.108 e. The van der Waals surface area contributed by atoms with Crippen LogP contribution in [0.15, 0.2) is 0 Å². The van der Waals surface area contributed by atoms with Gasteiger partial charge in [0.05, 0.1) is 6.07 Å². The minimum absolute atomic E-state index is 0.260. The van der Waals surface area contributed by atoms with Crippen molar-refractivity contribution in [3.63, 3.8) is 0 Å².